The summed E-state index contributed by atoms with van der Waals surface area (Å²) in [5.41, 5.74) is 21.1. The second-order valence-corrected chi connectivity index (χ2v) is 25.2. The van der Waals surface area contributed by atoms with Crippen LogP contribution in [-0.4, -0.2) is 134 Å². The average molecular weight is 1160 g/mol. The first-order valence-corrected chi connectivity index (χ1v) is 30.0. The molecule has 0 amide bonds. The van der Waals surface area contributed by atoms with Gasteiger partial charge < -0.3 is 101 Å². The van der Waals surface area contributed by atoms with Gasteiger partial charge in [0.25, 0.3) is 0 Å². The molecule has 10 N–H and O–H groups in total. The first-order valence-electron chi connectivity index (χ1n) is 22.3. The van der Waals surface area contributed by atoms with Crippen molar-refractivity contribution in [2.75, 3.05) is 49.4 Å². The van der Waals surface area contributed by atoms with E-state index in [0.29, 0.717) is 0 Å². The van der Waals surface area contributed by atoms with E-state index < -0.39 is 137 Å². The molecule has 408 valence electrons. The van der Waals surface area contributed by atoms with E-state index in [1.807, 2.05) is 0 Å². The SMILES string of the molecule is Nc1ccn([C@H]2CC(O)[C@@H](COP([O-])(=S)OC3C[C@H](n4cnc5c(N)ncnc54)O[C@@H]3COP(=O)([S-])OC3C[C@H](n4ccc(N)nc4=O)O[C@@H]3COP([O-])(=S)OC3C[C@H](n4ccc(N)nc4=O)O[C@@H]3CO)O2)c(=O)n1. The molecule has 9 rings (SSSR count). The van der Waals surface area contributed by atoms with E-state index in [1.165, 1.54) is 54.0 Å². The second kappa shape index (κ2) is 22.6. The van der Waals surface area contributed by atoms with Crippen LogP contribution in [0.5, 0.6) is 0 Å². The lowest BCUT2D eigenvalue weighted by Gasteiger charge is -2.35. The molecule has 4 aliphatic rings. The van der Waals surface area contributed by atoms with Gasteiger partial charge in [-0.05, 0) is 18.2 Å². The van der Waals surface area contributed by atoms with Crippen molar-refractivity contribution in [2.24, 2.45) is 0 Å². The quantitative estimate of drug-likeness (QED) is 0.0345. The predicted molar refractivity (Wildman–Crippen MR) is 262 cm³/mol. The first kappa shape index (κ1) is 55.5. The molecule has 32 nitrogen and oxygen atoms in total. The molecule has 0 aromatic carbocycles. The Hall–Kier alpha value is -4.29. The van der Waals surface area contributed by atoms with Crippen LogP contribution in [0.25, 0.3) is 11.2 Å². The third kappa shape index (κ3) is 13.0. The van der Waals surface area contributed by atoms with E-state index >= 15 is 0 Å². The van der Waals surface area contributed by atoms with Crippen LogP contribution in [-0.2, 0) is 86.5 Å². The number of aliphatic hydroxyl groups is 2. The van der Waals surface area contributed by atoms with E-state index in [-0.39, 0.29) is 60.1 Å². The molecule has 0 aliphatic carbocycles. The van der Waals surface area contributed by atoms with Gasteiger partial charge in [-0.15, -0.1) is 0 Å². The van der Waals surface area contributed by atoms with Gasteiger partial charge in [0.2, 0.25) is 0 Å². The second-order valence-electron chi connectivity index (χ2n) is 17.1. The minimum Gasteiger partial charge on any atom is -0.780 e. The minimum absolute atomic E-state index is 0.0172. The highest BCUT2D eigenvalue weighted by Gasteiger charge is 2.44. The smallest absolute Gasteiger partial charge is 0.351 e. The number of rotatable bonds is 20. The van der Waals surface area contributed by atoms with Gasteiger partial charge >= 0.3 is 17.1 Å². The lowest BCUT2D eigenvalue weighted by Crippen LogP contribution is -2.33. The molecule has 4 saturated heterocycles. The number of nitrogens with zero attached hydrogens (tertiary/aromatic N) is 10. The summed E-state index contributed by atoms with van der Waals surface area (Å²) < 4.78 is 77.0. The number of nitrogens with two attached hydrogens (primary N) is 4. The summed E-state index contributed by atoms with van der Waals surface area (Å²) in [5, 5.41) is 20.8. The standard InChI is InChI=1S/C37H49N14O18P3S3/c38-25-1-4-48(35(54)45-25)28-7-17(53)22(64-28)12-60-70(57,73)69-20-10-31(51-16-44-32-33(41)42-15-43-34(32)51)66-24(20)14-62-72(59,75)68-19-9-30(50-6-3-27(40)47-37(50)56)65-23(19)13-61-71(58,74)67-18-8-29(63-21(18)11-52)49-5-2-26(39)46-36(49)55/h1-6,15-24,28-31,52-53H,7-14H2,(H,57,73)(H,58,74)(H,59,75)(H2,38,45,54)(H2,39,46,55)(H2,40,47,56)(H2,41,42,43)/p-3/t17?,18?,19?,20?,21-,22-,23-,24-,28-,29-,30-,31-,70?,71?,72?/m1/s1. The zero-order valence-electron chi connectivity index (χ0n) is 38.5. The number of nitrogen functional groups attached to an aromatic ring is 4. The van der Waals surface area contributed by atoms with Crippen molar-refractivity contribution >= 4 is 90.5 Å². The van der Waals surface area contributed by atoms with Crippen LogP contribution in [0.2, 0.25) is 0 Å². The molecular formula is C37H46N14O18P3S3-3. The minimum atomic E-state index is -4.67. The summed E-state index contributed by atoms with van der Waals surface area (Å²) in [5.74, 6) is -0.0817. The largest absolute Gasteiger partial charge is 0.780 e. The molecule has 75 heavy (non-hydrogen) atoms. The Labute approximate surface area is 437 Å². The van der Waals surface area contributed by atoms with Crippen molar-refractivity contribution in [3.05, 3.63) is 80.9 Å². The van der Waals surface area contributed by atoms with Gasteiger partial charge in [0.15, 0.2) is 18.3 Å². The van der Waals surface area contributed by atoms with E-state index in [9.17, 15) is 38.9 Å². The molecule has 5 aromatic rings. The van der Waals surface area contributed by atoms with Crippen molar-refractivity contribution in [2.45, 2.75) is 99.4 Å². The number of anilines is 4. The van der Waals surface area contributed by atoms with Gasteiger partial charge in [0, 0.05) is 44.3 Å². The Kier molecular flexibility index (Phi) is 16.7. The van der Waals surface area contributed by atoms with Gasteiger partial charge in [-0.2, -0.15) is 15.0 Å². The number of imidazole rings is 1. The Morgan fingerprint density at radius 2 is 1.07 bits per heavy atom. The van der Waals surface area contributed by atoms with E-state index in [1.54, 1.807) is 0 Å². The van der Waals surface area contributed by atoms with E-state index in [2.05, 4.69) is 29.9 Å². The number of aliphatic hydroxyl groups excluding tert-OH is 2. The van der Waals surface area contributed by atoms with Crippen molar-refractivity contribution in [1.82, 2.24) is 48.2 Å². The Bertz CT molecular complexity index is 3240. The number of ether oxygens (including phenoxy) is 4. The van der Waals surface area contributed by atoms with Gasteiger partial charge in [-0.1, -0.05) is 23.6 Å². The molecule has 7 unspecified atom stereocenters. The summed E-state index contributed by atoms with van der Waals surface area (Å²) in [7, 11) is 0. The number of hydrogen-bond donors (Lipinski definition) is 6. The summed E-state index contributed by atoms with van der Waals surface area (Å²) in [4.78, 5) is 88.9. The van der Waals surface area contributed by atoms with Crippen LogP contribution in [0.3, 0.4) is 0 Å². The summed E-state index contributed by atoms with van der Waals surface area (Å²) in [6.07, 6.45) is -7.98. The molecule has 0 saturated carbocycles. The summed E-state index contributed by atoms with van der Waals surface area (Å²) in [6.45, 7) is -16.2. The predicted octanol–water partition coefficient (Wildman–Crippen LogP) is -2.54. The fourth-order valence-electron chi connectivity index (χ4n) is 8.55. The highest BCUT2D eigenvalue weighted by molar-refractivity contribution is 8.32. The van der Waals surface area contributed by atoms with Crippen molar-refractivity contribution in [3.63, 3.8) is 0 Å². The molecule has 5 aromatic heterocycles. The molecule has 4 fully saturated rings. The maximum absolute atomic E-state index is 14.2. The number of fused-ring (bicyclic) bond motifs is 1. The average Bonchev–Trinajstić information content (AvgIpc) is 4.19. The Morgan fingerprint density at radius 3 is 1.57 bits per heavy atom. The lowest BCUT2D eigenvalue weighted by atomic mass is 10.2. The molecule has 38 heteroatoms. The molecule has 0 bridgehead atoms. The van der Waals surface area contributed by atoms with Crippen LogP contribution in [0, 0.1) is 0 Å². The number of hydrogen-bond acceptors (Lipinski definition) is 31. The zero-order chi connectivity index (χ0) is 53.6. The molecule has 0 radical (unpaired) electrons. The van der Waals surface area contributed by atoms with Crippen molar-refractivity contribution in [3.8, 4) is 0 Å². The molecule has 9 heterocycles. The Balaban J connectivity index is 0.882. The molecule has 4 aliphatic heterocycles. The lowest BCUT2D eigenvalue weighted by molar-refractivity contribution is -0.216. The van der Waals surface area contributed by atoms with Crippen LogP contribution >= 0.6 is 20.2 Å². The van der Waals surface area contributed by atoms with Gasteiger partial charge in [0.1, 0.15) is 92.1 Å². The highest BCUT2D eigenvalue weighted by Crippen LogP contribution is 2.53. The molecular weight excluding hydrogens is 1120 g/mol. The normalized spacial score (nSPS) is 30.4. The summed E-state index contributed by atoms with van der Waals surface area (Å²) in [6, 6.07) is 4.05. The topological polar surface area (TPSA) is 448 Å². The maximum atomic E-state index is 14.2. The monoisotopic (exact) mass is 1160 g/mol. The fraction of sp³-hybridized carbons (Fsp3) is 0.541. The van der Waals surface area contributed by atoms with Crippen LogP contribution in [0.15, 0.2) is 63.8 Å². The van der Waals surface area contributed by atoms with Gasteiger partial charge in [0.05, 0.1) is 57.2 Å². The van der Waals surface area contributed by atoms with Crippen LogP contribution in [0.4, 0.5) is 23.3 Å². The van der Waals surface area contributed by atoms with Crippen LogP contribution in [0.1, 0.15) is 50.6 Å². The van der Waals surface area contributed by atoms with Crippen molar-refractivity contribution in [1.29, 1.82) is 0 Å². The Morgan fingerprint density at radius 1 is 0.640 bits per heavy atom. The van der Waals surface area contributed by atoms with E-state index in [4.69, 9.17) is 105 Å². The zero-order valence-corrected chi connectivity index (χ0v) is 43.6. The van der Waals surface area contributed by atoms with E-state index in [0.717, 1.165) is 13.7 Å². The summed E-state index contributed by atoms with van der Waals surface area (Å²) >= 11 is 15.8. The molecule has 15 atom stereocenters. The van der Waals surface area contributed by atoms with Crippen LogP contribution < -0.4 is 49.8 Å². The fourth-order valence-corrected chi connectivity index (χ4v) is 12.9. The third-order valence-corrected chi connectivity index (χ3v) is 16.8. The third-order valence-electron chi connectivity index (χ3n) is 12.1. The highest BCUT2D eigenvalue weighted by atomic mass is 32.7. The van der Waals surface area contributed by atoms with Crippen molar-refractivity contribution < 1.29 is 70.7 Å². The number of aromatic nitrogens is 10. The van der Waals surface area contributed by atoms with Gasteiger partial charge in [-0.3, -0.25) is 22.8 Å². The maximum Gasteiger partial charge on any atom is 0.351 e. The first-order chi connectivity index (χ1) is 35.5. The molecule has 0 spiro atoms. The van der Waals surface area contributed by atoms with Gasteiger partial charge in [-0.25, -0.2) is 29.3 Å².